The van der Waals surface area contributed by atoms with E-state index < -0.39 is 11.4 Å². The summed E-state index contributed by atoms with van der Waals surface area (Å²) in [5.74, 6) is 0.0829. The first-order valence-corrected chi connectivity index (χ1v) is 5.15. The van der Waals surface area contributed by atoms with Crippen LogP contribution in [-0.2, 0) is 19.8 Å². The van der Waals surface area contributed by atoms with Gasteiger partial charge in [0.1, 0.15) is 0 Å². The number of rotatable bonds is 1. The second-order valence-corrected chi connectivity index (χ2v) is 3.85. The van der Waals surface area contributed by atoms with Crippen molar-refractivity contribution in [3.8, 4) is 0 Å². The number of methoxy groups -OCH3 is 1. The van der Waals surface area contributed by atoms with Crippen molar-refractivity contribution in [2.45, 2.75) is 5.41 Å². The number of hydrogen-bond donors (Lipinski definition) is 1. The molecule has 0 saturated carbocycles. The van der Waals surface area contributed by atoms with Crippen LogP contribution in [0.15, 0.2) is 35.1 Å². The Labute approximate surface area is 97.7 Å². The Morgan fingerprint density at radius 1 is 1.47 bits per heavy atom. The first kappa shape index (κ1) is 9.89. The number of esters is 1. The van der Waals surface area contributed by atoms with Crippen LogP contribution in [0.1, 0.15) is 11.1 Å². The van der Waals surface area contributed by atoms with Crippen LogP contribution in [0.25, 0.3) is 6.08 Å². The summed E-state index contributed by atoms with van der Waals surface area (Å²) < 4.78 is 4.87. The Kier molecular flexibility index (Phi) is 1.95. The van der Waals surface area contributed by atoms with E-state index in [2.05, 4.69) is 10.7 Å². The zero-order valence-electron chi connectivity index (χ0n) is 9.14. The standard InChI is InChI=1S/C12H10N2O3/c1-16-11(15)12-7-13-14-17-10(12)6-8-4-2-3-5-9(8)12/h2-7,14H,1H3. The number of ether oxygens (including phenoxy) is 1. The molecule has 5 heteroatoms. The summed E-state index contributed by atoms with van der Waals surface area (Å²) in [4.78, 5) is 17.3. The molecule has 1 atom stereocenters. The number of carbonyl (C=O) groups excluding carboxylic acids is 1. The summed E-state index contributed by atoms with van der Waals surface area (Å²) in [6.45, 7) is 0. The fraction of sp³-hybridized carbons (Fsp3) is 0.167. The third kappa shape index (κ3) is 1.13. The second kappa shape index (κ2) is 3.35. The van der Waals surface area contributed by atoms with Crippen molar-refractivity contribution in [3.63, 3.8) is 0 Å². The topological polar surface area (TPSA) is 59.9 Å². The SMILES string of the molecule is COC(=O)C12C=NNOC1=Cc1ccccc12. The normalized spacial score (nSPS) is 23.9. The zero-order valence-corrected chi connectivity index (χ0v) is 9.14. The monoisotopic (exact) mass is 230 g/mol. The molecule has 5 nitrogen and oxygen atoms in total. The Balaban J connectivity index is 2.27. The van der Waals surface area contributed by atoms with Gasteiger partial charge in [-0.25, -0.2) is 0 Å². The first-order valence-electron chi connectivity index (χ1n) is 5.15. The maximum atomic E-state index is 12.1. The molecule has 3 rings (SSSR count). The van der Waals surface area contributed by atoms with Gasteiger partial charge in [0.25, 0.3) is 0 Å². The summed E-state index contributed by atoms with van der Waals surface area (Å²) in [6, 6.07) is 7.57. The number of carbonyl (C=O) groups is 1. The van der Waals surface area contributed by atoms with Gasteiger partial charge in [-0.2, -0.15) is 5.10 Å². The molecule has 1 N–H and O–H groups in total. The van der Waals surface area contributed by atoms with Gasteiger partial charge in [0, 0.05) is 0 Å². The Bertz CT molecular complexity index is 550. The average Bonchev–Trinajstić information content (AvgIpc) is 2.73. The van der Waals surface area contributed by atoms with E-state index in [0.29, 0.717) is 5.76 Å². The van der Waals surface area contributed by atoms with E-state index >= 15 is 0 Å². The summed E-state index contributed by atoms with van der Waals surface area (Å²) in [5, 5.41) is 3.82. The molecule has 1 unspecified atom stereocenters. The van der Waals surface area contributed by atoms with Gasteiger partial charge in [0.2, 0.25) is 0 Å². The maximum absolute atomic E-state index is 12.1. The summed E-state index contributed by atoms with van der Waals surface area (Å²) in [7, 11) is 1.35. The predicted octanol–water partition coefficient (Wildman–Crippen LogP) is 0.972. The highest BCUT2D eigenvalue weighted by molar-refractivity contribution is 6.09. The van der Waals surface area contributed by atoms with Crippen molar-refractivity contribution >= 4 is 18.3 Å². The molecule has 0 saturated heterocycles. The van der Waals surface area contributed by atoms with Gasteiger partial charge >= 0.3 is 5.97 Å². The maximum Gasteiger partial charge on any atom is 0.329 e. The number of hydrogen-bond acceptors (Lipinski definition) is 5. The molecule has 0 spiro atoms. The van der Waals surface area contributed by atoms with E-state index in [-0.39, 0.29) is 0 Å². The van der Waals surface area contributed by atoms with Crippen LogP contribution in [-0.4, -0.2) is 19.3 Å². The summed E-state index contributed by atoms with van der Waals surface area (Å²) >= 11 is 0. The summed E-state index contributed by atoms with van der Waals surface area (Å²) in [5.41, 5.74) is 3.10. The van der Waals surface area contributed by atoms with Crippen molar-refractivity contribution in [3.05, 3.63) is 41.2 Å². The molecule has 1 aromatic rings. The largest absolute Gasteiger partial charge is 0.468 e. The van der Waals surface area contributed by atoms with Gasteiger partial charge in [0.05, 0.1) is 13.3 Å². The van der Waals surface area contributed by atoms with Crippen molar-refractivity contribution < 1.29 is 14.4 Å². The Hall–Kier alpha value is -2.30. The predicted molar refractivity (Wildman–Crippen MR) is 60.8 cm³/mol. The van der Waals surface area contributed by atoms with E-state index in [1.165, 1.54) is 13.3 Å². The molecular weight excluding hydrogens is 220 g/mol. The number of hydrazone groups is 1. The van der Waals surface area contributed by atoms with E-state index in [4.69, 9.17) is 9.57 Å². The van der Waals surface area contributed by atoms with Crippen LogP contribution in [0.2, 0.25) is 0 Å². The molecule has 0 bridgehead atoms. The third-order valence-electron chi connectivity index (χ3n) is 3.03. The highest BCUT2D eigenvalue weighted by Crippen LogP contribution is 2.42. The molecule has 1 aromatic carbocycles. The van der Waals surface area contributed by atoms with Gasteiger partial charge in [-0.1, -0.05) is 24.3 Å². The molecule has 2 aliphatic rings. The van der Waals surface area contributed by atoms with Gasteiger partial charge < -0.3 is 9.57 Å². The Morgan fingerprint density at radius 3 is 3.12 bits per heavy atom. The van der Waals surface area contributed by atoms with E-state index in [1.54, 1.807) is 0 Å². The lowest BCUT2D eigenvalue weighted by Gasteiger charge is -2.28. The number of nitrogens with one attached hydrogen (secondary N) is 1. The molecule has 0 fully saturated rings. The first-order chi connectivity index (χ1) is 8.29. The van der Waals surface area contributed by atoms with Crippen molar-refractivity contribution in [1.29, 1.82) is 0 Å². The van der Waals surface area contributed by atoms with Crippen LogP contribution < -0.4 is 5.59 Å². The highest BCUT2D eigenvalue weighted by Gasteiger charge is 2.52. The lowest BCUT2D eigenvalue weighted by atomic mass is 9.82. The van der Waals surface area contributed by atoms with Crippen LogP contribution >= 0.6 is 0 Å². The zero-order chi connectivity index (χ0) is 11.9. The van der Waals surface area contributed by atoms with Crippen LogP contribution in [0.3, 0.4) is 0 Å². The molecule has 0 radical (unpaired) electrons. The average molecular weight is 230 g/mol. The van der Waals surface area contributed by atoms with E-state index in [1.807, 2.05) is 30.3 Å². The lowest BCUT2D eigenvalue weighted by Crippen LogP contribution is -2.43. The second-order valence-electron chi connectivity index (χ2n) is 3.85. The van der Waals surface area contributed by atoms with Gasteiger partial charge in [-0.15, -0.1) is 5.59 Å². The molecule has 1 aliphatic carbocycles. The molecular formula is C12H10N2O3. The van der Waals surface area contributed by atoms with E-state index in [0.717, 1.165) is 11.1 Å². The fourth-order valence-corrected chi connectivity index (χ4v) is 2.24. The van der Waals surface area contributed by atoms with Crippen LogP contribution in [0.4, 0.5) is 0 Å². The number of benzene rings is 1. The van der Waals surface area contributed by atoms with Crippen LogP contribution in [0.5, 0.6) is 0 Å². The minimum atomic E-state index is -1.05. The van der Waals surface area contributed by atoms with Crippen molar-refractivity contribution in [1.82, 2.24) is 5.59 Å². The van der Waals surface area contributed by atoms with Gasteiger partial charge in [0.15, 0.2) is 11.2 Å². The lowest BCUT2D eigenvalue weighted by molar-refractivity contribution is -0.145. The molecule has 86 valence electrons. The quantitative estimate of drug-likeness (QED) is 0.730. The van der Waals surface area contributed by atoms with Crippen molar-refractivity contribution in [2.75, 3.05) is 7.11 Å². The van der Waals surface area contributed by atoms with Crippen LogP contribution in [0, 0.1) is 0 Å². The highest BCUT2D eigenvalue weighted by atomic mass is 16.7. The smallest absolute Gasteiger partial charge is 0.329 e. The summed E-state index contributed by atoms with van der Waals surface area (Å²) in [6.07, 6.45) is 3.32. The van der Waals surface area contributed by atoms with Gasteiger partial charge in [-0.3, -0.25) is 4.79 Å². The fourth-order valence-electron chi connectivity index (χ4n) is 2.24. The molecule has 1 heterocycles. The minimum Gasteiger partial charge on any atom is -0.468 e. The minimum absolute atomic E-state index is 0.404. The third-order valence-corrected chi connectivity index (χ3v) is 3.03. The molecule has 0 amide bonds. The van der Waals surface area contributed by atoms with Gasteiger partial charge in [-0.05, 0) is 17.2 Å². The van der Waals surface area contributed by atoms with Crippen molar-refractivity contribution in [2.24, 2.45) is 5.10 Å². The Morgan fingerprint density at radius 2 is 2.29 bits per heavy atom. The molecule has 0 aromatic heterocycles. The number of fused-ring (bicyclic) bond motifs is 3. The van der Waals surface area contributed by atoms with E-state index in [9.17, 15) is 4.79 Å². The molecule has 1 aliphatic heterocycles. The molecule has 17 heavy (non-hydrogen) atoms. The number of nitrogens with zero attached hydrogens (tertiary/aromatic N) is 1.